The summed E-state index contributed by atoms with van der Waals surface area (Å²) in [5.41, 5.74) is 0.260. The smallest absolute Gasteiger partial charge is 0.329 e. The number of fused-ring (bicyclic) bond motifs is 1. The van der Waals surface area contributed by atoms with E-state index in [1.807, 2.05) is 37.3 Å². The minimum absolute atomic E-state index is 0.0976. The molecule has 3 rings (SSSR count). The lowest BCUT2D eigenvalue weighted by Crippen LogP contribution is -2.41. The first kappa shape index (κ1) is 22.0. The highest BCUT2D eigenvalue weighted by Gasteiger charge is 2.20. The third-order valence-electron chi connectivity index (χ3n) is 4.97. The Morgan fingerprint density at radius 2 is 1.71 bits per heavy atom. The molecule has 3 aromatic rings. The number of esters is 1. The van der Waals surface area contributed by atoms with E-state index in [0.717, 1.165) is 17.4 Å². The van der Waals surface area contributed by atoms with E-state index in [1.165, 1.54) is 12.5 Å². The predicted octanol–water partition coefficient (Wildman–Crippen LogP) is 1.76. The van der Waals surface area contributed by atoms with Crippen molar-refractivity contribution in [1.82, 2.24) is 14.9 Å². The average Bonchev–Trinajstić information content (AvgIpc) is 2.76. The number of hydrogen-bond donors (Lipinski definition) is 2. The predicted molar refractivity (Wildman–Crippen MR) is 117 cm³/mol. The number of benzene rings is 2. The van der Waals surface area contributed by atoms with Crippen LogP contribution in [0.1, 0.15) is 25.8 Å². The molecule has 162 valence electrons. The quantitative estimate of drug-likeness (QED) is 0.537. The molecule has 0 aliphatic heterocycles. The van der Waals surface area contributed by atoms with E-state index in [1.54, 1.807) is 24.3 Å². The second kappa shape index (κ2) is 9.88. The number of aromatic nitrogens is 2. The van der Waals surface area contributed by atoms with Gasteiger partial charge >= 0.3 is 11.7 Å². The van der Waals surface area contributed by atoms with Gasteiger partial charge < -0.3 is 10.1 Å². The van der Waals surface area contributed by atoms with Crippen LogP contribution >= 0.6 is 0 Å². The summed E-state index contributed by atoms with van der Waals surface area (Å²) in [6, 6.07) is 16.3. The Bertz CT molecular complexity index is 1180. The van der Waals surface area contributed by atoms with Gasteiger partial charge in [0.25, 0.3) is 11.5 Å². The molecule has 8 nitrogen and oxygen atoms in total. The molecule has 0 radical (unpaired) electrons. The van der Waals surface area contributed by atoms with Gasteiger partial charge in [-0.15, -0.1) is 0 Å². The summed E-state index contributed by atoms with van der Waals surface area (Å²) in [6.45, 7) is 2.95. The van der Waals surface area contributed by atoms with Gasteiger partial charge in [-0.2, -0.15) is 0 Å². The Labute approximate surface area is 178 Å². The molecule has 0 spiro atoms. The zero-order chi connectivity index (χ0) is 22.4. The summed E-state index contributed by atoms with van der Waals surface area (Å²) in [7, 11) is 0. The minimum Gasteiger partial charge on any atom is -0.451 e. The standard InChI is InChI=1S/C23H25N3O5/c1-15(12-13-17-8-4-3-5-9-17)24-21(28)16(2)31-20(27)14-26-19-11-7-6-10-18(19)22(29)25-23(26)30/h3-11,15-16H,12-14H2,1-2H3,(H,24,28)(H,25,29,30). The summed E-state index contributed by atoms with van der Waals surface area (Å²) < 4.78 is 6.33. The van der Waals surface area contributed by atoms with E-state index >= 15 is 0 Å². The first-order valence-electron chi connectivity index (χ1n) is 10.1. The highest BCUT2D eigenvalue weighted by Crippen LogP contribution is 2.08. The highest BCUT2D eigenvalue weighted by molar-refractivity contribution is 5.84. The van der Waals surface area contributed by atoms with E-state index < -0.39 is 35.8 Å². The molecule has 1 aromatic heterocycles. The average molecular weight is 423 g/mol. The molecule has 0 fully saturated rings. The van der Waals surface area contributed by atoms with E-state index in [9.17, 15) is 19.2 Å². The number of aryl methyl sites for hydroxylation is 1. The zero-order valence-electron chi connectivity index (χ0n) is 17.5. The lowest BCUT2D eigenvalue weighted by molar-refractivity contribution is -0.155. The fourth-order valence-corrected chi connectivity index (χ4v) is 3.28. The molecule has 2 aromatic carbocycles. The molecule has 0 bridgehead atoms. The van der Waals surface area contributed by atoms with E-state index in [2.05, 4.69) is 10.3 Å². The number of nitrogens with zero attached hydrogens (tertiary/aromatic N) is 1. The van der Waals surface area contributed by atoms with Crippen molar-refractivity contribution in [2.75, 3.05) is 0 Å². The highest BCUT2D eigenvalue weighted by atomic mass is 16.5. The van der Waals surface area contributed by atoms with Crippen LogP contribution in [0, 0.1) is 0 Å². The molecule has 0 saturated carbocycles. The fraction of sp³-hybridized carbons (Fsp3) is 0.304. The SMILES string of the molecule is CC(CCc1ccccc1)NC(=O)C(C)OC(=O)Cn1c(=O)[nH]c(=O)c2ccccc21. The Morgan fingerprint density at radius 1 is 1.03 bits per heavy atom. The number of para-hydroxylation sites is 1. The summed E-state index contributed by atoms with van der Waals surface area (Å²) in [4.78, 5) is 51.0. The molecule has 0 saturated heterocycles. The largest absolute Gasteiger partial charge is 0.451 e. The Kier molecular flexibility index (Phi) is 7.02. The number of amides is 1. The van der Waals surface area contributed by atoms with Gasteiger partial charge in [0.2, 0.25) is 0 Å². The number of carbonyl (C=O) groups is 2. The number of H-pyrrole nitrogens is 1. The van der Waals surface area contributed by atoms with Crippen LogP contribution in [-0.2, 0) is 27.3 Å². The third kappa shape index (κ3) is 5.69. The first-order valence-corrected chi connectivity index (χ1v) is 10.1. The topological polar surface area (TPSA) is 110 Å². The van der Waals surface area contributed by atoms with Gasteiger partial charge in [0.05, 0.1) is 10.9 Å². The molecular formula is C23H25N3O5. The van der Waals surface area contributed by atoms with Crippen LogP contribution in [0.15, 0.2) is 64.2 Å². The molecule has 0 aliphatic rings. The van der Waals surface area contributed by atoms with E-state index in [4.69, 9.17) is 4.74 Å². The molecule has 8 heteroatoms. The van der Waals surface area contributed by atoms with Crippen LogP contribution < -0.4 is 16.6 Å². The van der Waals surface area contributed by atoms with Gasteiger partial charge in [-0.05, 0) is 44.4 Å². The van der Waals surface area contributed by atoms with Crippen LogP contribution in [0.2, 0.25) is 0 Å². The van der Waals surface area contributed by atoms with Crippen LogP contribution in [-0.4, -0.2) is 33.6 Å². The molecular weight excluding hydrogens is 398 g/mol. The molecule has 1 heterocycles. The van der Waals surface area contributed by atoms with Crippen molar-refractivity contribution >= 4 is 22.8 Å². The second-order valence-electron chi connectivity index (χ2n) is 7.43. The van der Waals surface area contributed by atoms with Crippen molar-refractivity contribution in [2.45, 2.75) is 45.4 Å². The van der Waals surface area contributed by atoms with Gasteiger partial charge in [0.15, 0.2) is 6.10 Å². The monoisotopic (exact) mass is 423 g/mol. The molecule has 2 unspecified atom stereocenters. The van der Waals surface area contributed by atoms with Crippen molar-refractivity contribution in [3.8, 4) is 0 Å². The molecule has 1 amide bonds. The zero-order valence-corrected chi connectivity index (χ0v) is 17.5. The number of nitrogens with one attached hydrogen (secondary N) is 2. The van der Waals surface area contributed by atoms with Crippen molar-refractivity contribution in [3.63, 3.8) is 0 Å². The number of carbonyl (C=O) groups excluding carboxylic acids is 2. The van der Waals surface area contributed by atoms with Gasteiger partial charge in [-0.25, -0.2) is 4.79 Å². The summed E-state index contributed by atoms with van der Waals surface area (Å²) in [5.74, 6) is -1.16. The maximum atomic E-state index is 12.4. The fourth-order valence-electron chi connectivity index (χ4n) is 3.28. The van der Waals surface area contributed by atoms with Gasteiger partial charge in [0, 0.05) is 6.04 Å². The second-order valence-corrected chi connectivity index (χ2v) is 7.43. The van der Waals surface area contributed by atoms with Crippen LogP contribution in [0.4, 0.5) is 0 Å². The van der Waals surface area contributed by atoms with Crippen LogP contribution in [0.5, 0.6) is 0 Å². The number of hydrogen-bond acceptors (Lipinski definition) is 5. The normalized spacial score (nSPS) is 12.8. The lowest BCUT2D eigenvalue weighted by Gasteiger charge is -2.18. The van der Waals surface area contributed by atoms with Crippen molar-refractivity contribution < 1.29 is 14.3 Å². The van der Waals surface area contributed by atoms with E-state index in [-0.39, 0.29) is 11.4 Å². The van der Waals surface area contributed by atoms with Crippen molar-refractivity contribution in [1.29, 1.82) is 0 Å². The van der Waals surface area contributed by atoms with Crippen LogP contribution in [0.3, 0.4) is 0 Å². The maximum absolute atomic E-state index is 12.4. The Morgan fingerprint density at radius 3 is 2.45 bits per heavy atom. The number of aromatic amines is 1. The first-order chi connectivity index (χ1) is 14.8. The van der Waals surface area contributed by atoms with E-state index in [0.29, 0.717) is 5.52 Å². The number of ether oxygens (including phenoxy) is 1. The summed E-state index contributed by atoms with van der Waals surface area (Å²) >= 11 is 0. The Balaban J connectivity index is 1.57. The molecule has 2 atom stereocenters. The third-order valence-corrected chi connectivity index (χ3v) is 4.97. The summed E-state index contributed by atoms with van der Waals surface area (Å²) in [5, 5.41) is 3.12. The lowest BCUT2D eigenvalue weighted by atomic mass is 10.1. The van der Waals surface area contributed by atoms with Crippen molar-refractivity contribution in [2.24, 2.45) is 0 Å². The molecule has 2 N–H and O–H groups in total. The van der Waals surface area contributed by atoms with Gasteiger partial charge in [-0.3, -0.25) is 23.9 Å². The molecule has 31 heavy (non-hydrogen) atoms. The summed E-state index contributed by atoms with van der Waals surface area (Å²) in [6.07, 6.45) is 0.546. The minimum atomic E-state index is -1.02. The number of rotatable bonds is 8. The van der Waals surface area contributed by atoms with Crippen molar-refractivity contribution in [3.05, 3.63) is 81.0 Å². The van der Waals surface area contributed by atoms with Crippen LogP contribution in [0.25, 0.3) is 10.9 Å². The molecule has 0 aliphatic carbocycles. The maximum Gasteiger partial charge on any atom is 0.329 e. The van der Waals surface area contributed by atoms with Gasteiger partial charge in [-0.1, -0.05) is 42.5 Å². The Hall–Kier alpha value is -3.68. The van der Waals surface area contributed by atoms with Gasteiger partial charge in [0.1, 0.15) is 6.54 Å².